The Morgan fingerprint density at radius 2 is 1.97 bits per heavy atom. The molecule has 1 atom stereocenters. The first-order valence-corrected chi connectivity index (χ1v) is 10.3. The molecule has 1 aromatic carbocycles. The van der Waals surface area contributed by atoms with Crippen molar-refractivity contribution in [3.63, 3.8) is 0 Å². The monoisotopic (exact) mass is 422 g/mol. The molecule has 2 N–H and O–H groups in total. The summed E-state index contributed by atoms with van der Waals surface area (Å²) in [5.74, 6) is -0.634. The maximum Gasteiger partial charge on any atom is 0.325 e. The van der Waals surface area contributed by atoms with Crippen molar-refractivity contribution in [2.45, 2.75) is 32.9 Å². The molecule has 3 heterocycles. The van der Waals surface area contributed by atoms with E-state index in [0.29, 0.717) is 25.1 Å². The van der Waals surface area contributed by atoms with E-state index in [-0.39, 0.29) is 18.2 Å². The smallest absolute Gasteiger partial charge is 0.325 e. The van der Waals surface area contributed by atoms with Crippen molar-refractivity contribution in [1.29, 1.82) is 0 Å². The maximum atomic E-state index is 12.9. The Morgan fingerprint density at radius 3 is 2.74 bits per heavy atom. The molecule has 2 aromatic heterocycles. The number of carbonyl (C=O) groups excluding carboxylic acids is 3. The van der Waals surface area contributed by atoms with E-state index in [9.17, 15) is 14.4 Å². The molecule has 0 saturated carbocycles. The van der Waals surface area contributed by atoms with Crippen LogP contribution in [0.4, 0.5) is 4.79 Å². The third-order valence-electron chi connectivity index (χ3n) is 5.90. The summed E-state index contributed by atoms with van der Waals surface area (Å²) in [4.78, 5) is 42.5. The SMILES string of the molecule is COCCn1c(C)cc(C(=O)CN2C(=O)NC(Cc3c[nH]c4ccccc34)C2=O)c1C. The lowest BCUT2D eigenvalue weighted by atomic mass is 10.0. The van der Waals surface area contributed by atoms with E-state index in [1.54, 1.807) is 13.2 Å². The molecule has 1 fully saturated rings. The highest BCUT2D eigenvalue weighted by atomic mass is 16.5. The fraction of sp³-hybridized carbons (Fsp3) is 0.348. The van der Waals surface area contributed by atoms with Crippen LogP contribution in [0, 0.1) is 13.8 Å². The number of rotatable bonds is 8. The van der Waals surface area contributed by atoms with Gasteiger partial charge in [-0.15, -0.1) is 0 Å². The summed E-state index contributed by atoms with van der Waals surface area (Å²) in [5, 5.41) is 3.74. The quantitative estimate of drug-likeness (QED) is 0.431. The highest BCUT2D eigenvalue weighted by Crippen LogP contribution is 2.22. The second-order valence-corrected chi connectivity index (χ2v) is 7.84. The number of nitrogens with one attached hydrogen (secondary N) is 2. The van der Waals surface area contributed by atoms with Crippen molar-refractivity contribution in [2.24, 2.45) is 0 Å². The van der Waals surface area contributed by atoms with Crippen LogP contribution in [0.15, 0.2) is 36.5 Å². The van der Waals surface area contributed by atoms with Gasteiger partial charge in [-0.2, -0.15) is 0 Å². The number of benzene rings is 1. The van der Waals surface area contributed by atoms with Crippen LogP contribution in [0.25, 0.3) is 10.9 Å². The van der Waals surface area contributed by atoms with E-state index in [4.69, 9.17) is 4.74 Å². The van der Waals surface area contributed by atoms with Crippen molar-refractivity contribution in [2.75, 3.05) is 20.3 Å². The molecule has 8 heteroatoms. The number of imide groups is 1. The number of hydrogen-bond acceptors (Lipinski definition) is 4. The van der Waals surface area contributed by atoms with Crippen molar-refractivity contribution in [3.05, 3.63) is 59.0 Å². The Kier molecular flexibility index (Phi) is 5.65. The Morgan fingerprint density at radius 1 is 1.19 bits per heavy atom. The summed E-state index contributed by atoms with van der Waals surface area (Å²) < 4.78 is 7.13. The van der Waals surface area contributed by atoms with Gasteiger partial charge in [-0.3, -0.25) is 14.5 Å². The number of methoxy groups -OCH3 is 1. The molecule has 0 aliphatic carbocycles. The van der Waals surface area contributed by atoms with Crippen molar-refractivity contribution in [3.8, 4) is 0 Å². The normalized spacial score (nSPS) is 16.4. The van der Waals surface area contributed by atoms with Gasteiger partial charge >= 0.3 is 6.03 Å². The zero-order chi connectivity index (χ0) is 22.1. The average Bonchev–Trinajstić information content (AvgIpc) is 3.37. The second kappa shape index (κ2) is 8.39. The Hall–Kier alpha value is -3.39. The molecule has 1 unspecified atom stereocenters. The molecule has 162 valence electrons. The number of ether oxygens (including phenoxy) is 1. The Labute approximate surface area is 180 Å². The fourth-order valence-corrected chi connectivity index (χ4v) is 4.22. The number of Topliss-reactive ketones (excluding diaryl/α,β-unsaturated/α-hetero) is 1. The van der Waals surface area contributed by atoms with E-state index in [1.165, 1.54) is 0 Å². The third-order valence-corrected chi connectivity index (χ3v) is 5.90. The number of urea groups is 1. The lowest BCUT2D eigenvalue weighted by molar-refractivity contribution is -0.127. The molecular formula is C23H26N4O4. The molecule has 0 radical (unpaired) electrons. The number of amides is 3. The molecular weight excluding hydrogens is 396 g/mol. The van der Waals surface area contributed by atoms with E-state index < -0.39 is 12.1 Å². The summed E-state index contributed by atoms with van der Waals surface area (Å²) in [5.41, 5.74) is 4.19. The van der Waals surface area contributed by atoms with Crippen LogP contribution >= 0.6 is 0 Å². The van der Waals surface area contributed by atoms with Crippen LogP contribution in [-0.2, 0) is 22.5 Å². The molecule has 1 aliphatic rings. The van der Waals surface area contributed by atoms with E-state index in [2.05, 4.69) is 10.3 Å². The number of fused-ring (bicyclic) bond motifs is 1. The lowest BCUT2D eigenvalue weighted by Gasteiger charge is -2.13. The molecule has 31 heavy (non-hydrogen) atoms. The first kappa shape index (κ1) is 20.9. The highest BCUT2D eigenvalue weighted by Gasteiger charge is 2.39. The predicted molar refractivity (Wildman–Crippen MR) is 116 cm³/mol. The van der Waals surface area contributed by atoms with E-state index in [0.717, 1.165) is 32.8 Å². The van der Waals surface area contributed by atoms with E-state index >= 15 is 0 Å². The Bertz CT molecular complexity index is 1160. The minimum atomic E-state index is -0.686. The van der Waals surface area contributed by atoms with Crippen molar-refractivity contribution in [1.82, 2.24) is 19.8 Å². The number of aromatic nitrogens is 2. The Balaban J connectivity index is 1.48. The average molecular weight is 422 g/mol. The van der Waals surface area contributed by atoms with Crippen molar-refractivity contribution < 1.29 is 19.1 Å². The van der Waals surface area contributed by atoms with Gasteiger partial charge in [-0.25, -0.2) is 4.79 Å². The zero-order valence-electron chi connectivity index (χ0n) is 17.9. The summed E-state index contributed by atoms with van der Waals surface area (Å²) in [7, 11) is 1.63. The minimum absolute atomic E-state index is 0.256. The van der Waals surface area contributed by atoms with Gasteiger partial charge in [0.25, 0.3) is 5.91 Å². The molecule has 0 spiro atoms. The van der Waals surface area contributed by atoms with Crippen molar-refractivity contribution >= 4 is 28.6 Å². The summed E-state index contributed by atoms with van der Waals surface area (Å²) >= 11 is 0. The van der Waals surface area contributed by atoms with Gasteiger partial charge in [0.2, 0.25) is 0 Å². The third kappa shape index (κ3) is 3.86. The lowest BCUT2D eigenvalue weighted by Crippen LogP contribution is -2.36. The molecule has 3 amide bonds. The number of para-hydroxylation sites is 1. The second-order valence-electron chi connectivity index (χ2n) is 7.84. The number of H-pyrrole nitrogens is 1. The fourth-order valence-electron chi connectivity index (χ4n) is 4.22. The van der Waals surface area contributed by atoms with Gasteiger partial charge in [0.15, 0.2) is 5.78 Å². The summed E-state index contributed by atoms with van der Waals surface area (Å²) in [6.07, 6.45) is 2.22. The molecule has 0 bridgehead atoms. The zero-order valence-corrected chi connectivity index (χ0v) is 17.9. The largest absolute Gasteiger partial charge is 0.383 e. The van der Waals surface area contributed by atoms with Crippen LogP contribution in [-0.4, -0.2) is 58.5 Å². The molecule has 4 rings (SSSR count). The standard InChI is InChI=1S/C23H26N4O4/c1-14-10-18(15(2)26(14)8-9-31-3)21(28)13-27-22(29)20(25-23(27)30)11-16-12-24-19-7-5-4-6-17(16)19/h4-7,10,12,20,24H,8-9,11,13H2,1-3H3,(H,25,30). The van der Waals surface area contributed by atoms with Gasteiger partial charge in [-0.1, -0.05) is 18.2 Å². The van der Waals surface area contributed by atoms with Crippen LogP contribution in [0.3, 0.4) is 0 Å². The molecule has 3 aromatic rings. The first-order chi connectivity index (χ1) is 14.9. The van der Waals surface area contributed by atoms with Gasteiger partial charge in [0.1, 0.15) is 6.04 Å². The molecule has 1 aliphatic heterocycles. The van der Waals surface area contributed by atoms with Gasteiger partial charge < -0.3 is 19.6 Å². The van der Waals surface area contributed by atoms with Crippen LogP contribution in [0.5, 0.6) is 0 Å². The van der Waals surface area contributed by atoms with Crippen LogP contribution in [0.1, 0.15) is 27.3 Å². The van der Waals surface area contributed by atoms with Gasteiger partial charge in [-0.05, 0) is 31.5 Å². The molecule has 1 saturated heterocycles. The van der Waals surface area contributed by atoms with Crippen LogP contribution in [0.2, 0.25) is 0 Å². The maximum absolute atomic E-state index is 12.9. The number of hydrogen-bond donors (Lipinski definition) is 2. The van der Waals surface area contributed by atoms with Gasteiger partial charge in [0.05, 0.1) is 13.2 Å². The first-order valence-electron chi connectivity index (χ1n) is 10.3. The summed E-state index contributed by atoms with van der Waals surface area (Å²) in [6, 6.07) is 8.39. The number of carbonyl (C=O) groups is 3. The van der Waals surface area contributed by atoms with Gasteiger partial charge in [0, 0.05) is 54.1 Å². The molecule has 8 nitrogen and oxygen atoms in total. The van der Waals surface area contributed by atoms with E-state index in [1.807, 2.05) is 48.9 Å². The minimum Gasteiger partial charge on any atom is -0.383 e. The highest BCUT2D eigenvalue weighted by molar-refractivity contribution is 6.09. The van der Waals surface area contributed by atoms with Crippen LogP contribution < -0.4 is 5.32 Å². The predicted octanol–water partition coefficient (Wildman–Crippen LogP) is 2.58. The number of ketones is 1. The number of nitrogens with zero attached hydrogens (tertiary/aromatic N) is 2. The number of aromatic amines is 1. The topological polar surface area (TPSA) is 96.4 Å². The summed E-state index contributed by atoms with van der Waals surface area (Å²) in [6.45, 7) is 4.68. The number of aryl methyl sites for hydroxylation is 1.